The number of amides is 1. The van der Waals surface area contributed by atoms with Crippen LogP contribution in [0.25, 0.3) is 11.2 Å². The van der Waals surface area contributed by atoms with Crippen LogP contribution in [0.3, 0.4) is 0 Å². The Morgan fingerprint density at radius 2 is 2.11 bits per heavy atom. The van der Waals surface area contributed by atoms with E-state index in [1.54, 1.807) is 28.8 Å². The van der Waals surface area contributed by atoms with E-state index in [0.29, 0.717) is 16.7 Å². The van der Waals surface area contributed by atoms with Gasteiger partial charge in [-0.05, 0) is 12.1 Å². The van der Waals surface area contributed by atoms with Crippen LogP contribution in [-0.2, 0) is 9.47 Å². The van der Waals surface area contributed by atoms with Crippen molar-refractivity contribution < 1.29 is 24.5 Å². The number of fused-ring (bicyclic) bond motifs is 3. The van der Waals surface area contributed by atoms with Crippen LogP contribution in [0, 0.1) is 0 Å². The standard InChI is InChI=1S/C18H17N5O5/c24-6-18-7-27-12(13(18)25)17(28-18)23-9-21-11-14(19-8-20-15(11)23)22-16(26)10-4-2-1-3-5-10/h1-5,8-9,12-13,17,24-25H,6-7H2,(H,19,20,22,26)/t12-,13+,17-,18+/m1/s1. The second-order valence-electron chi connectivity index (χ2n) is 6.82. The van der Waals surface area contributed by atoms with E-state index in [1.165, 1.54) is 12.7 Å². The molecule has 2 fully saturated rings. The fraction of sp³-hybridized carbons (Fsp3) is 0.333. The Bertz CT molecular complexity index is 1040. The second kappa shape index (κ2) is 6.31. The van der Waals surface area contributed by atoms with Crippen LogP contribution in [-0.4, -0.2) is 66.7 Å². The lowest BCUT2D eigenvalue weighted by Crippen LogP contribution is -2.44. The number of rotatable bonds is 4. The highest BCUT2D eigenvalue weighted by molar-refractivity contribution is 6.06. The molecule has 2 aliphatic rings. The number of aliphatic hydroxyl groups excluding tert-OH is 2. The number of carbonyl (C=O) groups excluding carboxylic acids is 1. The molecule has 28 heavy (non-hydrogen) atoms. The van der Waals surface area contributed by atoms with Crippen molar-refractivity contribution in [2.75, 3.05) is 18.5 Å². The first-order valence-corrected chi connectivity index (χ1v) is 8.75. The number of nitrogens with zero attached hydrogens (tertiary/aromatic N) is 4. The number of anilines is 1. The molecule has 10 nitrogen and oxygen atoms in total. The highest BCUT2D eigenvalue weighted by Gasteiger charge is 2.61. The third-order valence-electron chi connectivity index (χ3n) is 5.18. The monoisotopic (exact) mass is 383 g/mol. The first-order valence-electron chi connectivity index (χ1n) is 8.75. The Labute approximate surface area is 158 Å². The molecule has 0 radical (unpaired) electrons. The maximum atomic E-state index is 12.4. The summed E-state index contributed by atoms with van der Waals surface area (Å²) >= 11 is 0. The van der Waals surface area contributed by atoms with Gasteiger partial charge in [-0.1, -0.05) is 18.2 Å². The number of hydrogen-bond donors (Lipinski definition) is 3. The Balaban J connectivity index is 1.48. The molecule has 10 heteroatoms. The van der Waals surface area contributed by atoms with Crippen LogP contribution in [0.2, 0.25) is 0 Å². The number of hydrogen-bond acceptors (Lipinski definition) is 8. The molecule has 0 unspecified atom stereocenters. The zero-order chi connectivity index (χ0) is 19.3. The van der Waals surface area contributed by atoms with E-state index in [9.17, 15) is 15.0 Å². The van der Waals surface area contributed by atoms with Gasteiger partial charge in [0.05, 0.1) is 19.5 Å². The number of benzene rings is 1. The molecule has 5 rings (SSSR count). The molecule has 2 aliphatic heterocycles. The second-order valence-corrected chi connectivity index (χ2v) is 6.82. The van der Waals surface area contributed by atoms with Gasteiger partial charge in [0.15, 0.2) is 23.2 Å². The molecule has 3 N–H and O–H groups in total. The van der Waals surface area contributed by atoms with Gasteiger partial charge >= 0.3 is 0 Å². The maximum Gasteiger partial charge on any atom is 0.256 e. The van der Waals surface area contributed by atoms with Gasteiger partial charge in [0.1, 0.15) is 24.1 Å². The molecule has 0 spiro atoms. The predicted molar refractivity (Wildman–Crippen MR) is 95.4 cm³/mol. The van der Waals surface area contributed by atoms with Crippen molar-refractivity contribution in [3.8, 4) is 0 Å². The lowest BCUT2D eigenvalue weighted by atomic mass is 10.0. The van der Waals surface area contributed by atoms with Gasteiger partial charge in [0.2, 0.25) is 0 Å². The number of ether oxygens (including phenoxy) is 2. The summed E-state index contributed by atoms with van der Waals surface area (Å²) in [5.74, 6) is -0.0524. The van der Waals surface area contributed by atoms with Crippen molar-refractivity contribution >= 4 is 22.9 Å². The summed E-state index contributed by atoms with van der Waals surface area (Å²) in [5, 5.41) is 22.8. The SMILES string of the molecule is O=C(Nc1ncnc2c1ncn2[C@@H]1O[C@@]2(CO)CO[C@@H]1[C@@H]2O)c1ccccc1. The van der Waals surface area contributed by atoms with E-state index >= 15 is 0 Å². The van der Waals surface area contributed by atoms with E-state index in [2.05, 4.69) is 20.3 Å². The van der Waals surface area contributed by atoms with Crippen molar-refractivity contribution in [3.63, 3.8) is 0 Å². The topological polar surface area (TPSA) is 132 Å². The predicted octanol–water partition coefficient (Wildman–Crippen LogP) is 0.0982. The van der Waals surface area contributed by atoms with E-state index in [4.69, 9.17) is 9.47 Å². The van der Waals surface area contributed by atoms with Crippen molar-refractivity contribution in [1.29, 1.82) is 0 Å². The van der Waals surface area contributed by atoms with Gasteiger partial charge in [-0.2, -0.15) is 0 Å². The molecular formula is C18H17N5O5. The normalized spacial score (nSPS) is 28.7. The van der Waals surface area contributed by atoms with Crippen LogP contribution < -0.4 is 5.32 Å². The minimum absolute atomic E-state index is 0.117. The Morgan fingerprint density at radius 3 is 2.86 bits per heavy atom. The van der Waals surface area contributed by atoms with Crippen LogP contribution in [0.4, 0.5) is 5.82 Å². The molecule has 4 heterocycles. The van der Waals surface area contributed by atoms with Gasteiger partial charge in [-0.25, -0.2) is 15.0 Å². The lowest BCUT2D eigenvalue weighted by Gasteiger charge is -2.29. The largest absolute Gasteiger partial charge is 0.393 e. The Hall–Kier alpha value is -2.92. The molecule has 2 saturated heterocycles. The summed E-state index contributed by atoms with van der Waals surface area (Å²) in [7, 11) is 0. The fourth-order valence-electron chi connectivity index (χ4n) is 3.65. The summed E-state index contributed by atoms with van der Waals surface area (Å²) in [4.78, 5) is 25.1. The Morgan fingerprint density at radius 1 is 1.29 bits per heavy atom. The van der Waals surface area contributed by atoms with Gasteiger partial charge in [0.25, 0.3) is 5.91 Å². The smallest absolute Gasteiger partial charge is 0.256 e. The van der Waals surface area contributed by atoms with Crippen molar-refractivity contribution in [2.45, 2.75) is 24.0 Å². The first-order chi connectivity index (χ1) is 13.6. The van der Waals surface area contributed by atoms with E-state index < -0.39 is 24.0 Å². The first kappa shape index (κ1) is 17.2. The maximum absolute atomic E-state index is 12.4. The van der Waals surface area contributed by atoms with Gasteiger partial charge in [-0.3, -0.25) is 9.36 Å². The quantitative estimate of drug-likeness (QED) is 0.578. The molecule has 1 aromatic carbocycles. The highest BCUT2D eigenvalue weighted by Crippen LogP contribution is 2.45. The average molecular weight is 383 g/mol. The van der Waals surface area contributed by atoms with Crippen LogP contribution in [0.5, 0.6) is 0 Å². The van der Waals surface area contributed by atoms with Gasteiger partial charge in [-0.15, -0.1) is 0 Å². The van der Waals surface area contributed by atoms with E-state index in [0.717, 1.165) is 0 Å². The number of aliphatic hydroxyl groups is 2. The number of carbonyl (C=O) groups is 1. The summed E-state index contributed by atoms with van der Waals surface area (Å²) in [6.07, 6.45) is 0.492. The van der Waals surface area contributed by atoms with Gasteiger partial charge < -0.3 is 25.0 Å². The molecular weight excluding hydrogens is 366 g/mol. The molecule has 0 aliphatic carbocycles. The number of aromatic nitrogens is 4. The molecule has 0 saturated carbocycles. The highest BCUT2D eigenvalue weighted by atomic mass is 16.7. The van der Waals surface area contributed by atoms with Gasteiger partial charge in [0, 0.05) is 5.56 Å². The van der Waals surface area contributed by atoms with Crippen LogP contribution in [0.1, 0.15) is 16.6 Å². The molecule has 3 aromatic rings. The number of imidazole rings is 1. The lowest BCUT2D eigenvalue weighted by molar-refractivity contribution is -0.185. The average Bonchev–Trinajstić information content (AvgIpc) is 3.39. The van der Waals surface area contributed by atoms with Crippen molar-refractivity contribution in [2.24, 2.45) is 0 Å². The van der Waals surface area contributed by atoms with Crippen LogP contribution in [0.15, 0.2) is 43.0 Å². The van der Waals surface area contributed by atoms with E-state index in [1.807, 2.05) is 6.07 Å². The summed E-state index contributed by atoms with van der Waals surface area (Å²) in [6.45, 7) is -0.243. The summed E-state index contributed by atoms with van der Waals surface area (Å²) in [5.41, 5.74) is 0.139. The third-order valence-corrected chi connectivity index (χ3v) is 5.18. The van der Waals surface area contributed by atoms with E-state index in [-0.39, 0.29) is 24.9 Å². The minimum Gasteiger partial charge on any atom is -0.393 e. The zero-order valence-corrected chi connectivity index (χ0v) is 14.6. The fourth-order valence-corrected chi connectivity index (χ4v) is 3.65. The summed E-state index contributed by atoms with van der Waals surface area (Å²) in [6, 6.07) is 8.76. The molecule has 144 valence electrons. The Kier molecular flexibility index (Phi) is 3.88. The minimum atomic E-state index is -1.15. The third kappa shape index (κ3) is 2.43. The molecule has 1 amide bonds. The molecule has 4 atom stereocenters. The van der Waals surface area contributed by atoms with Crippen molar-refractivity contribution in [3.05, 3.63) is 48.5 Å². The molecule has 2 aromatic heterocycles. The van der Waals surface area contributed by atoms with Crippen molar-refractivity contribution in [1.82, 2.24) is 19.5 Å². The number of nitrogens with one attached hydrogen (secondary N) is 1. The summed E-state index contributed by atoms with van der Waals surface area (Å²) < 4.78 is 13.1. The van der Waals surface area contributed by atoms with Crippen LogP contribution >= 0.6 is 0 Å². The molecule has 2 bridgehead atoms. The zero-order valence-electron chi connectivity index (χ0n) is 14.6.